The van der Waals surface area contributed by atoms with Crippen LogP contribution in [0.5, 0.6) is 5.75 Å². The standard InChI is InChI=1S/C22H26ClNO4/c1-6-28-21(26)17-12(2)24-14-10-22(3,4)11-15(25)19(14)18(17)13-8-7-9-16(27-5)20(13)23/h7-9,18,24H,6,10-11H2,1-5H3/t18-/m0/s1. The summed E-state index contributed by atoms with van der Waals surface area (Å²) < 4.78 is 10.7. The van der Waals surface area contributed by atoms with E-state index < -0.39 is 11.9 Å². The van der Waals surface area contributed by atoms with Crippen LogP contribution in [0.3, 0.4) is 0 Å². The predicted molar refractivity (Wildman–Crippen MR) is 108 cm³/mol. The highest BCUT2D eigenvalue weighted by Crippen LogP contribution is 2.49. The first-order valence-corrected chi connectivity index (χ1v) is 9.81. The average molecular weight is 404 g/mol. The number of esters is 1. The number of allylic oxidation sites excluding steroid dienone is 3. The number of nitrogens with one attached hydrogen (secondary N) is 1. The number of carbonyl (C=O) groups excluding carboxylic acids is 2. The summed E-state index contributed by atoms with van der Waals surface area (Å²) in [6.45, 7) is 7.99. The molecular formula is C22H26ClNO4. The Labute approximate surface area is 170 Å². The van der Waals surface area contributed by atoms with Crippen LogP contribution in [0.1, 0.15) is 52.0 Å². The molecule has 28 heavy (non-hydrogen) atoms. The number of dihydropyridines is 1. The van der Waals surface area contributed by atoms with E-state index in [1.165, 1.54) is 0 Å². The van der Waals surface area contributed by atoms with Gasteiger partial charge < -0.3 is 14.8 Å². The van der Waals surface area contributed by atoms with E-state index in [0.717, 1.165) is 12.1 Å². The molecule has 5 nitrogen and oxygen atoms in total. The van der Waals surface area contributed by atoms with Crippen molar-refractivity contribution in [1.29, 1.82) is 0 Å². The molecule has 0 saturated heterocycles. The summed E-state index contributed by atoms with van der Waals surface area (Å²) in [6, 6.07) is 5.41. The molecule has 0 radical (unpaired) electrons. The van der Waals surface area contributed by atoms with Gasteiger partial charge in [-0.15, -0.1) is 0 Å². The van der Waals surface area contributed by atoms with Crippen molar-refractivity contribution in [1.82, 2.24) is 5.32 Å². The lowest BCUT2D eigenvalue weighted by Gasteiger charge is -2.39. The van der Waals surface area contributed by atoms with Gasteiger partial charge in [0.25, 0.3) is 0 Å². The Hall–Kier alpha value is -2.27. The molecule has 1 heterocycles. The number of hydrogen-bond acceptors (Lipinski definition) is 5. The number of hydrogen-bond donors (Lipinski definition) is 1. The van der Waals surface area contributed by atoms with Gasteiger partial charge in [0.05, 0.1) is 24.3 Å². The molecule has 1 aromatic rings. The number of rotatable bonds is 4. The first-order chi connectivity index (χ1) is 13.2. The molecule has 0 saturated carbocycles. The summed E-state index contributed by atoms with van der Waals surface area (Å²) in [5.74, 6) is -0.497. The van der Waals surface area contributed by atoms with E-state index in [9.17, 15) is 9.59 Å². The SMILES string of the molecule is CCOC(=O)C1=C(C)NC2=C(C(=O)CC(C)(C)C2)[C@H]1c1cccc(OC)c1Cl. The van der Waals surface area contributed by atoms with Gasteiger partial charge in [-0.1, -0.05) is 37.6 Å². The number of methoxy groups -OCH3 is 1. The van der Waals surface area contributed by atoms with Crippen LogP contribution in [0.15, 0.2) is 40.7 Å². The van der Waals surface area contributed by atoms with E-state index in [-0.39, 0.29) is 17.8 Å². The third kappa shape index (κ3) is 3.55. The van der Waals surface area contributed by atoms with E-state index in [0.29, 0.717) is 39.6 Å². The zero-order chi connectivity index (χ0) is 20.6. The molecule has 0 bridgehead atoms. The second-order valence-corrected chi connectivity index (χ2v) is 8.39. The summed E-state index contributed by atoms with van der Waals surface area (Å²) in [5.41, 5.74) is 3.09. The van der Waals surface area contributed by atoms with Crippen LogP contribution < -0.4 is 10.1 Å². The number of ether oxygens (including phenoxy) is 2. The normalized spacial score (nSPS) is 21.2. The van der Waals surface area contributed by atoms with Crippen molar-refractivity contribution < 1.29 is 19.1 Å². The molecule has 3 rings (SSSR count). The molecule has 2 aliphatic rings. The zero-order valence-corrected chi connectivity index (χ0v) is 17.7. The fourth-order valence-corrected chi connectivity index (χ4v) is 4.45. The maximum absolute atomic E-state index is 13.2. The van der Waals surface area contributed by atoms with E-state index in [2.05, 4.69) is 19.2 Å². The third-order valence-electron chi connectivity index (χ3n) is 5.26. The summed E-state index contributed by atoms with van der Waals surface area (Å²) >= 11 is 6.62. The lowest BCUT2D eigenvalue weighted by molar-refractivity contribution is -0.138. The highest BCUT2D eigenvalue weighted by atomic mass is 35.5. The molecule has 0 amide bonds. The molecule has 0 aromatic heterocycles. The van der Waals surface area contributed by atoms with Gasteiger partial charge in [-0.2, -0.15) is 0 Å². The van der Waals surface area contributed by atoms with Gasteiger partial charge in [0.15, 0.2) is 5.78 Å². The second-order valence-electron chi connectivity index (χ2n) is 8.01. The van der Waals surface area contributed by atoms with Gasteiger partial charge in [-0.05, 0) is 37.3 Å². The molecule has 150 valence electrons. The van der Waals surface area contributed by atoms with E-state index in [1.54, 1.807) is 20.1 Å². The predicted octanol–water partition coefficient (Wildman–Crippen LogP) is 4.52. The van der Waals surface area contributed by atoms with Crippen LogP contribution in [0, 0.1) is 5.41 Å². The zero-order valence-electron chi connectivity index (χ0n) is 16.9. The molecule has 6 heteroatoms. The first-order valence-electron chi connectivity index (χ1n) is 9.43. The third-order valence-corrected chi connectivity index (χ3v) is 5.66. The molecule has 0 unspecified atom stereocenters. The molecular weight excluding hydrogens is 378 g/mol. The van der Waals surface area contributed by atoms with Gasteiger partial charge in [-0.25, -0.2) is 4.79 Å². The van der Waals surface area contributed by atoms with Crippen LogP contribution >= 0.6 is 11.6 Å². The summed E-state index contributed by atoms with van der Waals surface area (Å²) in [4.78, 5) is 26.0. The largest absolute Gasteiger partial charge is 0.495 e. The number of ketones is 1. The van der Waals surface area contributed by atoms with E-state index in [1.807, 2.05) is 19.1 Å². The van der Waals surface area contributed by atoms with Gasteiger partial charge in [0.1, 0.15) is 5.75 Å². The minimum atomic E-state index is -0.582. The highest BCUT2D eigenvalue weighted by Gasteiger charge is 2.43. The van der Waals surface area contributed by atoms with Crippen molar-refractivity contribution in [2.75, 3.05) is 13.7 Å². The van der Waals surface area contributed by atoms with Crippen molar-refractivity contribution in [3.63, 3.8) is 0 Å². The lowest BCUT2D eigenvalue weighted by atomic mass is 9.68. The summed E-state index contributed by atoms with van der Waals surface area (Å²) in [6.07, 6.45) is 1.14. The molecule has 1 aromatic carbocycles. The Kier molecular flexibility index (Phi) is 5.57. The van der Waals surface area contributed by atoms with E-state index >= 15 is 0 Å². The quantitative estimate of drug-likeness (QED) is 0.749. The minimum Gasteiger partial charge on any atom is -0.495 e. The van der Waals surface area contributed by atoms with Crippen molar-refractivity contribution in [3.05, 3.63) is 51.3 Å². The van der Waals surface area contributed by atoms with Gasteiger partial charge in [-0.3, -0.25) is 4.79 Å². The van der Waals surface area contributed by atoms with Crippen LogP contribution in [-0.2, 0) is 14.3 Å². The first kappa shape index (κ1) is 20.5. The van der Waals surface area contributed by atoms with Crippen molar-refractivity contribution in [2.45, 2.75) is 46.5 Å². The van der Waals surface area contributed by atoms with Gasteiger partial charge in [0, 0.05) is 29.3 Å². The molecule has 1 N–H and O–H groups in total. The van der Waals surface area contributed by atoms with Crippen molar-refractivity contribution in [2.24, 2.45) is 5.41 Å². The summed E-state index contributed by atoms with van der Waals surface area (Å²) in [5, 5.41) is 3.70. The van der Waals surface area contributed by atoms with Crippen LogP contribution in [0.25, 0.3) is 0 Å². The topological polar surface area (TPSA) is 64.6 Å². The lowest BCUT2D eigenvalue weighted by Crippen LogP contribution is -2.38. The Morgan fingerprint density at radius 3 is 2.68 bits per heavy atom. The number of carbonyl (C=O) groups is 2. The minimum absolute atomic E-state index is 0.0249. The smallest absolute Gasteiger partial charge is 0.336 e. The van der Waals surface area contributed by atoms with Crippen LogP contribution in [-0.4, -0.2) is 25.5 Å². The highest BCUT2D eigenvalue weighted by molar-refractivity contribution is 6.33. The van der Waals surface area contributed by atoms with Gasteiger partial charge in [0.2, 0.25) is 0 Å². The second kappa shape index (κ2) is 7.63. The maximum Gasteiger partial charge on any atom is 0.336 e. The van der Waals surface area contributed by atoms with Crippen molar-refractivity contribution >= 4 is 23.4 Å². The number of halogens is 1. The Balaban J connectivity index is 2.24. The number of benzene rings is 1. The maximum atomic E-state index is 13.2. The Morgan fingerprint density at radius 2 is 2.04 bits per heavy atom. The van der Waals surface area contributed by atoms with Crippen LogP contribution in [0.2, 0.25) is 5.02 Å². The Bertz CT molecular complexity index is 898. The monoisotopic (exact) mass is 403 g/mol. The van der Waals surface area contributed by atoms with Crippen LogP contribution in [0.4, 0.5) is 0 Å². The molecule has 0 spiro atoms. The average Bonchev–Trinajstić information content (AvgIpc) is 2.59. The number of Topliss-reactive ketones (excluding diaryl/α,β-unsaturated/α-hetero) is 1. The Morgan fingerprint density at radius 1 is 1.32 bits per heavy atom. The molecule has 1 aliphatic carbocycles. The van der Waals surface area contributed by atoms with Crippen molar-refractivity contribution in [3.8, 4) is 5.75 Å². The van der Waals surface area contributed by atoms with E-state index in [4.69, 9.17) is 21.1 Å². The fourth-order valence-electron chi connectivity index (χ4n) is 4.13. The summed E-state index contributed by atoms with van der Waals surface area (Å²) in [7, 11) is 1.54. The molecule has 0 fully saturated rings. The fraction of sp³-hybridized carbons (Fsp3) is 0.455. The molecule has 1 aliphatic heterocycles. The molecule has 1 atom stereocenters. The van der Waals surface area contributed by atoms with Gasteiger partial charge >= 0.3 is 5.97 Å².